The SMILES string of the molecule is CCOP(=O)(OCC)Oc1c(C)c(C/C=C(\C)CC/C=C(\C)CC/C=C(\C)CC/C=C(\C)CC/C=C(\C)CC/C=C(\C)CCC=C(C)C)c(OC(=O)c2ccccc2)c2ccccc12. The third-order valence-electron chi connectivity index (χ3n) is 11.4. The summed E-state index contributed by atoms with van der Waals surface area (Å²) in [6, 6.07) is 16.5. The molecule has 0 aliphatic rings. The minimum absolute atomic E-state index is 0.160. The van der Waals surface area contributed by atoms with Crippen LogP contribution in [0.5, 0.6) is 11.5 Å². The Kier molecular flexibility index (Phi) is 24.5. The number of phosphoric acid groups is 1. The third-order valence-corrected chi connectivity index (χ3v) is 12.9. The summed E-state index contributed by atoms with van der Waals surface area (Å²) < 4.78 is 37.1. The maximum absolute atomic E-state index is 13.7. The lowest BCUT2D eigenvalue weighted by Crippen LogP contribution is -2.12. The zero-order valence-corrected chi connectivity index (χ0v) is 42.1. The minimum atomic E-state index is -3.92. The van der Waals surface area contributed by atoms with E-state index in [1.165, 1.54) is 45.4 Å². The second-order valence-corrected chi connectivity index (χ2v) is 19.1. The lowest BCUT2D eigenvalue weighted by molar-refractivity contribution is 0.0735. The first-order chi connectivity index (χ1) is 30.7. The summed E-state index contributed by atoms with van der Waals surface area (Å²) in [4.78, 5) is 13.5. The minimum Gasteiger partial charge on any atom is -0.422 e. The molecule has 6 nitrogen and oxygen atoms in total. The number of hydrogen-bond acceptors (Lipinski definition) is 6. The first-order valence-electron chi connectivity index (χ1n) is 23.6. The molecule has 0 aromatic heterocycles. The van der Waals surface area contributed by atoms with Crippen LogP contribution in [-0.2, 0) is 20.0 Å². The zero-order chi connectivity index (χ0) is 46.9. The van der Waals surface area contributed by atoms with Crippen molar-refractivity contribution in [2.75, 3.05) is 13.2 Å². The van der Waals surface area contributed by atoms with E-state index in [9.17, 15) is 9.36 Å². The molecule has 64 heavy (non-hydrogen) atoms. The van der Waals surface area contributed by atoms with Crippen LogP contribution in [0.25, 0.3) is 10.8 Å². The summed E-state index contributed by atoms with van der Waals surface area (Å²) in [5, 5.41) is 1.32. The fraction of sp³-hybridized carbons (Fsp3) is 0.456. The summed E-state index contributed by atoms with van der Waals surface area (Å²) in [7, 11) is -3.92. The van der Waals surface area contributed by atoms with Gasteiger partial charge in [0, 0.05) is 16.3 Å². The van der Waals surface area contributed by atoms with Crippen molar-refractivity contribution in [3.05, 3.63) is 153 Å². The van der Waals surface area contributed by atoms with Crippen molar-refractivity contribution in [3.8, 4) is 11.5 Å². The summed E-state index contributed by atoms with van der Waals surface area (Å²) in [5.41, 5.74) is 11.9. The molecule has 3 rings (SSSR count). The van der Waals surface area contributed by atoms with Crippen LogP contribution >= 0.6 is 7.82 Å². The van der Waals surface area contributed by atoms with Crippen molar-refractivity contribution in [2.24, 2.45) is 0 Å². The summed E-state index contributed by atoms with van der Waals surface area (Å²) in [6.07, 6.45) is 30.0. The Balaban J connectivity index is 1.58. The quantitative estimate of drug-likeness (QED) is 0.0313. The highest BCUT2D eigenvalue weighted by Crippen LogP contribution is 2.53. The maximum Gasteiger partial charge on any atom is 0.530 e. The second kappa shape index (κ2) is 29.1. The van der Waals surface area contributed by atoms with Crippen molar-refractivity contribution in [2.45, 2.75) is 160 Å². The van der Waals surface area contributed by atoms with Crippen LogP contribution in [0, 0.1) is 6.92 Å². The number of ether oxygens (including phenoxy) is 1. The predicted octanol–water partition coefficient (Wildman–Crippen LogP) is 17.8. The molecule has 0 aliphatic carbocycles. The molecule has 0 fully saturated rings. The first-order valence-corrected chi connectivity index (χ1v) is 25.1. The van der Waals surface area contributed by atoms with E-state index in [1.54, 1.807) is 26.0 Å². The lowest BCUT2D eigenvalue weighted by Gasteiger charge is -2.23. The summed E-state index contributed by atoms with van der Waals surface area (Å²) in [5.74, 6) is 0.397. The number of fused-ring (bicyclic) bond motifs is 1. The van der Waals surface area contributed by atoms with Gasteiger partial charge in [0.05, 0.1) is 18.8 Å². The Bertz CT molecular complexity index is 2200. The highest BCUT2D eigenvalue weighted by Gasteiger charge is 2.31. The van der Waals surface area contributed by atoms with Gasteiger partial charge in [-0.2, -0.15) is 0 Å². The molecule has 0 atom stereocenters. The molecule has 3 aromatic carbocycles. The Morgan fingerprint density at radius 1 is 0.516 bits per heavy atom. The van der Waals surface area contributed by atoms with Crippen LogP contribution < -0.4 is 9.26 Å². The number of carbonyl (C=O) groups excluding carboxylic acids is 1. The molecule has 0 N–H and O–H groups in total. The van der Waals surface area contributed by atoms with Crippen molar-refractivity contribution in [1.29, 1.82) is 0 Å². The molecule has 0 heterocycles. The van der Waals surface area contributed by atoms with Crippen LogP contribution in [0.1, 0.15) is 168 Å². The Morgan fingerprint density at radius 2 is 0.891 bits per heavy atom. The van der Waals surface area contributed by atoms with Crippen LogP contribution in [0.3, 0.4) is 0 Å². The van der Waals surface area contributed by atoms with E-state index in [-0.39, 0.29) is 13.2 Å². The van der Waals surface area contributed by atoms with Crippen molar-refractivity contribution >= 4 is 24.6 Å². The average molecular weight is 891 g/mol. The molecule has 3 aromatic rings. The Hall–Kier alpha value is -4.48. The predicted molar refractivity (Wildman–Crippen MR) is 273 cm³/mol. The highest BCUT2D eigenvalue weighted by molar-refractivity contribution is 7.49. The smallest absolute Gasteiger partial charge is 0.422 e. The topological polar surface area (TPSA) is 71.1 Å². The number of esters is 1. The number of allylic oxidation sites excluding steroid dienone is 14. The van der Waals surface area contributed by atoms with Crippen molar-refractivity contribution in [3.63, 3.8) is 0 Å². The van der Waals surface area contributed by atoms with Gasteiger partial charge in [-0.3, -0.25) is 9.05 Å². The molecule has 0 amide bonds. The van der Waals surface area contributed by atoms with E-state index in [1.807, 2.05) is 49.4 Å². The molecule has 0 bridgehead atoms. The molecular formula is C57H79O6P. The van der Waals surface area contributed by atoms with Gasteiger partial charge in [-0.05, 0) is 177 Å². The van der Waals surface area contributed by atoms with Crippen LogP contribution in [0.4, 0.5) is 0 Å². The number of rotatable bonds is 28. The van der Waals surface area contributed by atoms with E-state index in [0.717, 1.165) is 76.2 Å². The first kappa shape index (κ1) is 53.9. The molecule has 0 radical (unpaired) electrons. The summed E-state index contributed by atoms with van der Waals surface area (Å²) >= 11 is 0. The molecule has 7 heteroatoms. The highest BCUT2D eigenvalue weighted by atomic mass is 31.2. The second-order valence-electron chi connectivity index (χ2n) is 17.5. The fourth-order valence-electron chi connectivity index (χ4n) is 7.48. The van der Waals surface area contributed by atoms with Gasteiger partial charge in [0.15, 0.2) is 0 Å². The van der Waals surface area contributed by atoms with Gasteiger partial charge >= 0.3 is 13.8 Å². The number of carbonyl (C=O) groups is 1. The number of benzene rings is 3. The van der Waals surface area contributed by atoms with Crippen LogP contribution in [0.15, 0.2) is 136 Å². The average Bonchev–Trinajstić information content (AvgIpc) is 3.25. The van der Waals surface area contributed by atoms with E-state index in [2.05, 4.69) is 97.9 Å². The summed E-state index contributed by atoms with van der Waals surface area (Å²) in [6.45, 7) is 23.5. The molecule has 348 valence electrons. The fourth-order valence-corrected chi connectivity index (χ4v) is 8.75. The zero-order valence-electron chi connectivity index (χ0n) is 41.2. The Morgan fingerprint density at radius 3 is 1.30 bits per heavy atom. The van der Waals surface area contributed by atoms with Gasteiger partial charge < -0.3 is 9.26 Å². The van der Waals surface area contributed by atoms with Crippen LogP contribution in [0.2, 0.25) is 0 Å². The lowest BCUT2D eigenvalue weighted by atomic mass is 9.95. The van der Waals surface area contributed by atoms with E-state index in [4.69, 9.17) is 18.3 Å². The van der Waals surface area contributed by atoms with Gasteiger partial charge in [0.2, 0.25) is 0 Å². The normalized spacial score (nSPS) is 13.4. The monoisotopic (exact) mass is 891 g/mol. The van der Waals surface area contributed by atoms with Gasteiger partial charge in [-0.1, -0.05) is 124 Å². The molecule has 0 unspecified atom stereocenters. The van der Waals surface area contributed by atoms with Crippen molar-refractivity contribution < 1.29 is 27.7 Å². The molecule has 0 aliphatic heterocycles. The third kappa shape index (κ3) is 19.7. The molecular weight excluding hydrogens is 812 g/mol. The molecule has 0 saturated heterocycles. The van der Waals surface area contributed by atoms with E-state index < -0.39 is 13.8 Å². The van der Waals surface area contributed by atoms with Gasteiger partial charge in [-0.15, -0.1) is 0 Å². The molecule has 0 saturated carbocycles. The number of hydrogen-bond donors (Lipinski definition) is 0. The number of phosphoric ester groups is 1. The van der Waals surface area contributed by atoms with Crippen LogP contribution in [-0.4, -0.2) is 19.2 Å². The van der Waals surface area contributed by atoms with Gasteiger partial charge in [0.25, 0.3) is 0 Å². The maximum atomic E-state index is 13.7. The standard InChI is InChI=1S/C57H79O6P/c1-12-60-64(59,61-13-2)63-55-50(11)52(56(54-40-18-17-39-53(54)55)62-57(58)51-37-15-14-16-38-51)42-41-49(10)36-24-35-48(9)34-23-33-47(8)32-22-31-46(7)30-21-29-45(6)28-20-27-44(5)26-19-25-43(3)4/h14-18,25,27,29,31,33,35,37-41H,12-13,19-24,26,28,30,32,34,36,42H2,1-11H3/b44-27+,45-29+,46-31+,47-33+,48-35+,49-41+. The largest absolute Gasteiger partial charge is 0.530 e. The molecule has 0 spiro atoms. The Labute approximate surface area is 387 Å². The van der Waals surface area contributed by atoms with E-state index >= 15 is 0 Å². The van der Waals surface area contributed by atoms with E-state index in [0.29, 0.717) is 39.8 Å². The van der Waals surface area contributed by atoms with Gasteiger partial charge in [0.1, 0.15) is 11.5 Å². The van der Waals surface area contributed by atoms with Gasteiger partial charge in [-0.25, -0.2) is 9.36 Å². The van der Waals surface area contributed by atoms with Crippen molar-refractivity contribution in [1.82, 2.24) is 0 Å².